The van der Waals surface area contributed by atoms with Gasteiger partial charge in [0.2, 0.25) is 0 Å². The second-order valence-electron chi connectivity index (χ2n) is 7.33. The Bertz CT molecular complexity index is 599. The minimum Gasteiger partial charge on any atom is -0.763 e. The summed E-state index contributed by atoms with van der Waals surface area (Å²) >= 11 is 0. The first-order chi connectivity index (χ1) is 11.8. The lowest BCUT2D eigenvalue weighted by Gasteiger charge is -2.30. The van der Waals surface area contributed by atoms with E-state index in [4.69, 9.17) is 4.74 Å². The molecule has 0 heterocycles. The number of likely N-dealkylation sites (N-methyl/N-ethyl adjacent to an activating group) is 1. The molecular formula is C21H32N2O2. The second kappa shape index (κ2) is 10.2. The SMILES string of the molecule is CCCCCCC(C)OC(=O)C(=C=[N-])C[N+](C)(C)c1ccc(C)cc1. The molecule has 0 saturated heterocycles. The van der Waals surface area contributed by atoms with E-state index in [1.165, 1.54) is 18.4 Å². The van der Waals surface area contributed by atoms with Crippen molar-refractivity contribution in [1.82, 2.24) is 4.48 Å². The summed E-state index contributed by atoms with van der Waals surface area (Å²) in [6.45, 7) is 6.43. The number of esters is 1. The van der Waals surface area contributed by atoms with E-state index >= 15 is 0 Å². The van der Waals surface area contributed by atoms with Gasteiger partial charge >= 0.3 is 5.97 Å². The largest absolute Gasteiger partial charge is 0.763 e. The summed E-state index contributed by atoms with van der Waals surface area (Å²) in [7, 11) is 3.98. The Labute approximate surface area is 152 Å². The zero-order valence-corrected chi connectivity index (χ0v) is 16.3. The number of nitrogens with zero attached hydrogens (tertiary/aromatic N) is 2. The molecule has 0 N–H and O–H groups in total. The highest BCUT2D eigenvalue weighted by molar-refractivity contribution is 5.99. The monoisotopic (exact) mass is 344 g/mol. The summed E-state index contributed by atoms with van der Waals surface area (Å²) < 4.78 is 5.91. The Balaban J connectivity index is 2.64. The lowest BCUT2D eigenvalue weighted by atomic mass is 10.1. The highest BCUT2D eigenvalue weighted by atomic mass is 16.5. The molecule has 0 fully saturated rings. The van der Waals surface area contributed by atoms with Crippen LogP contribution in [-0.4, -0.2) is 38.6 Å². The standard InChI is InChI=1S/C21H32N2O2/c1-6-7-8-9-10-18(3)25-21(24)19(15-22)16-23(4,5)20-13-11-17(2)12-14-20/h11-14,18H,6-10,16H2,1-5H3. The number of unbranched alkanes of at least 4 members (excludes halogenated alkanes) is 3. The fourth-order valence-electron chi connectivity index (χ4n) is 2.75. The van der Waals surface area contributed by atoms with Gasteiger partial charge < -0.3 is 10.1 Å². The smallest absolute Gasteiger partial charge is 0.346 e. The predicted molar refractivity (Wildman–Crippen MR) is 106 cm³/mol. The maximum atomic E-state index is 12.3. The van der Waals surface area contributed by atoms with Crippen molar-refractivity contribution in [3.8, 4) is 0 Å². The maximum absolute atomic E-state index is 12.3. The first kappa shape index (κ1) is 21.1. The Hall–Kier alpha value is -1.90. The fourth-order valence-corrected chi connectivity index (χ4v) is 2.75. The summed E-state index contributed by atoms with van der Waals surface area (Å²) in [6.07, 6.45) is 5.30. The van der Waals surface area contributed by atoms with E-state index in [1.54, 1.807) is 0 Å². The van der Waals surface area contributed by atoms with Crippen LogP contribution in [0, 0.1) is 6.92 Å². The summed E-state index contributed by atoms with van der Waals surface area (Å²) in [5.41, 5.74) is 2.41. The van der Waals surface area contributed by atoms with Crippen molar-refractivity contribution in [3.05, 3.63) is 40.8 Å². The van der Waals surface area contributed by atoms with Crippen molar-refractivity contribution in [2.45, 2.75) is 59.0 Å². The number of aryl methyl sites for hydroxylation is 1. The van der Waals surface area contributed by atoms with Gasteiger partial charge in [-0.1, -0.05) is 43.9 Å². The second-order valence-corrected chi connectivity index (χ2v) is 7.33. The third-order valence-corrected chi connectivity index (χ3v) is 4.44. The van der Waals surface area contributed by atoms with Crippen LogP contribution in [0.2, 0.25) is 0 Å². The van der Waals surface area contributed by atoms with Gasteiger partial charge in [-0.25, -0.2) is 4.79 Å². The van der Waals surface area contributed by atoms with E-state index in [9.17, 15) is 10.2 Å². The molecule has 1 aromatic carbocycles. The molecule has 0 radical (unpaired) electrons. The first-order valence-corrected chi connectivity index (χ1v) is 9.17. The van der Waals surface area contributed by atoms with Crippen molar-refractivity contribution < 1.29 is 9.53 Å². The highest BCUT2D eigenvalue weighted by Crippen LogP contribution is 2.21. The van der Waals surface area contributed by atoms with Crippen molar-refractivity contribution >= 4 is 17.5 Å². The number of hydrogen-bond donors (Lipinski definition) is 0. The minimum atomic E-state index is -0.483. The van der Waals surface area contributed by atoms with Crippen molar-refractivity contribution in [2.75, 3.05) is 20.6 Å². The van der Waals surface area contributed by atoms with Gasteiger partial charge in [-0.3, -0.25) is 10.4 Å². The highest BCUT2D eigenvalue weighted by Gasteiger charge is 2.25. The zero-order chi connectivity index (χ0) is 18.9. The molecular weight excluding hydrogens is 312 g/mol. The Kier molecular flexibility index (Phi) is 8.60. The normalized spacial score (nSPS) is 12.4. The van der Waals surface area contributed by atoms with Crippen LogP contribution >= 0.6 is 0 Å². The van der Waals surface area contributed by atoms with Crippen molar-refractivity contribution in [2.24, 2.45) is 0 Å². The fraction of sp³-hybridized carbons (Fsp3) is 0.571. The molecule has 0 saturated carbocycles. The topological polar surface area (TPSA) is 48.6 Å². The van der Waals surface area contributed by atoms with Gasteiger partial charge in [0.1, 0.15) is 17.8 Å². The van der Waals surface area contributed by atoms with Crippen LogP contribution in [0.15, 0.2) is 29.8 Å². The van der Waals surface area contributed by atoms with Crippen LogP contribution in [0.4, 0.5) is 5.69 Å². The van der Waals surface area contributed by atoms with Crippen LogP contribution in [-0.2, 0) is 9.53 Å². The summed E-state index contributed by atoms with van der Waals surface area (Å²) in [6, 6.07) is 8.15. The molecule has 0 aliphatic heterocycles. The molecule has 25 heavy (non-hydrogen) atoms. The Morgan fingerprint density at radius 3 is 2.40 bits per heavy atom. The van der Waals surface area contributed by atoms with Crippen molar-refractivity contribution in [3.63, 3.8) is 0 Å². The van der Waals surface area contributed by atoms with E-state index in [0.29, 0.717) is 11.0 Å². The zero-order valence-electron chi connectivity index (χ0n) is 16.3. The maximum Gasteiger partial charge on any atom is 0.346 e. The van der Waals surface area contributed by atoms with E-state index in [0.717, 1.165) is 24.9 Å². The third-order valence-electron chi connectivity index (χ3n) is 4.44. The average molecular weight is 344 g/mol. The number of benzene rings is 1. The third kappa shape index (κ3) is 7.25. The number of rotatable bonds is 10. The molecule has 0 amide bonds. The number of carbonyl (C=O) groups is 1. The van der Waals surface area contributed by atoms with E-state index in [-0.39, 0.29) is 11.7 Å². The predicted octanol–water partition coefficient (Wildman–Crippen LogP) is 4.63. The quantitative estimate of drug-likeness (QED) is 0.204. The van der Waals surface area contributed by atoms with E-state index in [2.05, 4.69) is 6.92 Å². The van der Waals surface area contributed by atoms with Crippen LogP contribution in [0.3, 0.4) is 0 Å². The number of quaternary nitrogens is 1. The molecule has 1 aromatic rings. The molecule has 0 bridgehead atoms. The van der Waals surface area contributed by atoms with Crippen molar-refractivity contribution in [1.29, 1.82) is 0 Å². The average Bonchev–Trinajstić information content (AvgIpc) is 2.57. The molecule has 4 nitrogen and oxygen atoms in total. The number of ether oxygens (including phenoxy) is 1. The molecule has 138 valence electrons. The van der Waals surface area contributed by atoms with Gasteiger partial charge in [0.05, 0.1) is 20.2 Å². The van der Waals surface area contributed by atoms with Gasteiger partial charge in [-0.15, -0.1) is 0 Å². The Morgan fingerprint density at radius 1 is 1.20 bits per heavy atom. The molecule has 0 spiro atoms. The molecule has 0 aromatic heterocycles. The van der Waals surface area contributed by atoms with Crippen LogP contribution in [0.25, 0.3) is 5.41 Å². The molecule has 0 aliphatic carbocycles. The molecule has 4 heteroatoms. The molecule has 1 atom stereocenters. The molecule has 1 rings (SSSR count). The summed E-state index contributed by atoms with van der Waals surface area (Å²) in [5.74, 6) is 1.56. The van der Waals surface area contributed by atoms with Gasteiger partial charge in [0.25, 0.3) is 0 Å². The van der Waals surface area contributed by atoms with Gasteiger partial charge in [-0.05, 0) is 38.8 Å². The van der Waals surface area contributed by atoms with E-state index in [1.807, 2.05) is 58.1 Å². The van der Waals surface area contributed by atoms with Gasteiger partial charge in [0.15, 0.2) is 0 Å². The minimum absolute atomic E-state index is 0.150. The van der Waals surface area contributed by atoms with Crippen LogP contribution in [0.5, 0.6) is 0 Å². The Morgan fingerprint density at radius 2 is 1.84 bits per heavy atom. The van der Waals surface area contributed by atoms with E-state index < -0.39 is 5.97 Å². The van der Waals surface area contributed by atoms with Gasteiger partial charge in [-0.2, -0.15) is 0 Å². The first-order valence-electron chi connectivity index (χ1n) is 9.17. The lowest BCUT2D eigenvalue weighted by Crippen LogP contribution is -2.43. The summed E-state index contributed by atoms with van der Waals surface area (Å²) in [5, 5.41) is 9.41. The summed E-state index contributed by atoms with van der Waals surface area (Å²) in [4.78, 5) is 12.3. The van der Waals surface area contributed by atoms with Crippen LogP contribution in [0.1, 0.15) is 51.5 Å². The number of hydrogen-bond acceptors (Lipinski definition) is 2. The number of carbonyl (C=O) groups excluding carboxylic acids is 1. The molecule has 1 unspecified atom stereocenters. The molecule has 0 aliphatic rings. The van der Waals surface area contributed by atoms with Gasteiger partial charge in [0, 0.05) is 0 Å². The lowest BCUT2D eigenvalue weighted by molar-refractivity contribution is -0.143. The van der Waals surface area contributed by atoms with Crippen LogP contribution < -0.4 is 4.48 Å².